The van der Waals surface area contributed by atoms with Crippen molar-refractivity contribution in [1.82, 2.24) is 4.98 Å². The van der Waals surface area contributed by atoms with E-state index in [0.717, 1.165) is 17.7 Å². The first-order valence-electron chi connectivity index (χ1n) is 5.78. The van der Waals surface area contributed by atoms with Crippen LogP contribution >= 0.6 is 0 Å². The molecule has 1 aromatic carbocycles. The fourth-order valence-corrected chi connectivity index (χ4v) is 1.68. The summed E-state index contributed by atoms with van der Waals surface area (Å²) in [7, 11) is 0. The van der Waals surface area contributed by atoms with Crippen LogP contribution in [0.2, 0.25) is 0 Å². The number of carbonyl (C=O) groups excluding carboxylic acids is 1. The van der Waals surface area contributed by atoms with Gasteiger partial charge in [-0.25, -0.2) is 0 Å². The summed E-state index contributed by atoms with van der Waals surface area (Å²) in [5.74, 6) is 0.00819. The van der Waals surface area contributed by atoms with Crippen LogP contribution in [0.15, 0.2) is 42.7 Å². The van der Waals surface area contributed by atoms with Crippen molar-refractivity contribution in [2.24, 2.45) is 0 Å². The summed E-state index contributed by atoms with van der Waals surface area (Å²) in [6.07, 6.45) is 5.06. The van der Waals surface area contributed by atoms with Gasteiger partial charge in [0.25, 0.3) is 0 Å². The van der Waals surface area contributed by atoms with Crippen molar-refractivity contribution in [3.05, 3.63) is 53.9 Å². The zero-order valence-electron chi connectivity index (χ0n) is 9.86. The van der Waals surface area contributed by atoms with Crippen LogP contribution in [-0.4, -0.2) is 10.9 Å². The number of hydrogen-bond acceptors (Lipinski definition) is 1. The molecule has 1 aromatic heterocycles. The Balaban J connectivity index is 1.93. The van der Waals surface area contributed by atoms with Gasteiger partial charge in [0, 0.05) is 18.1 Å². The third kappa shape index (κ3) is 3.21. The molecular formula is C14H16N2O. The average Bonchev–Trinajstić information content (AvgIpc) is 2.82. The largest absolute Gasteiger partial charge is 0.367 e. The van der Waals surface area contributed by atoms with Gasteiger partial charge in [-0.3, -0.25) is 4.79 Å². The second-order valence-corrected chi connectivity index (χ2v) is 3.99. The Morgan fingerprint density at radius 3 is 2.53 bits per heavy atom. The summed E-state index contributed by atoms with van der Waals surface area (Å²) < 4.78 is 0. The topological polar surface area (TPSA) is 44.9 Å². The van der Waals surface area contributed by atoms with E-state index in [0.29, 0.717) is 6.42 Å². The molecule has 2 N–H and O–H groups in total. The first kappa shape index (κ1) is 11.5. The molecule has 0 aliphatic heterocycles. The van der Waals surface area contributed by atoms with Gasteiger partial charge >= 0.3 is 0 Å². The van der Waals surface area contributed by atoms with Crippen LogP contribution < -0.4 is 5.32 Å². The van der Waals surface area contributed by atoms with Crippen LogP contribution in [0.25, 0.3) is 0 Å². The van der Waals surface area contributed by atoms with E-state index in [1.165, 1.54) is 5.56 Å². The Labute approximate surface area is 101 Å². The first-order valence-corrected chi connectivity index (χ1v) is 5.78. The number of rotatable bonds is 4. The predicted molar refractivity (Wildman–Crippen MR) is 68.9 cm³/mol. The minimum Gasteiger partial charge on any atom is -0.367 e. The van der Waals surface area contributed by atoms with Crippen LogP contribution in [0.5, 0.6) is 0 Å². The third-order valence-electron chi connectivity index (χ3n) is 2.67. The number of amides is 1. The molecule has 0 aliphatic carbocycles. The second kappa shape index (κ2) is 5.34. The Morgan fingerprint density at radius 1 is 1.18 bits per heavy atom. The SMILES string of the molecule is CCc1ccc(NC(=O)Cc2cc[nH]c2)cc1. The third-order valence-corrected chi connectivity index (χ3v) is 2.67. The zero-order chi connectivity index (χ0) is 12.1. The summed E-state index contributed by atoms with van der Waals surface area (Å²) in [5.41, 5.74) is 3.11. The zero-order valence-corrected chi connectivity index (χ0v) is 9.86. The molecule has 0 saturated carbocycles. The average molecular weight is 228 g/mol. The first-order chi connectivity index (χ1) is 8.28. The number of carbonyl (C=O) groups is 1. The molecule has 88 valence electrons. The van der Waals surface area contributed by atoms with Gasteiger partial charge in [-0.2, -0.15) is 0 Å². The Morgan fingerprint density at radius 2 is 1.94 bits per heavy atom. The molecule has 2 rings (SSSR count). The van der Waals surface area contributed by atoms with Gasteiger partial charge in [0.05, 0.1) is 6.42 Å². The minimum absolute atomic E-state index is 0.00819. The van der Waals surface area contributed by atoms with Crippen molar-refractivity contribution in [1.29, 1.82) is 0 Å². The van der Waals surface area contributed by atoms with Gasteiger partial charge in [0.2, 0.25) is 5.91 Å². The number of benzene rings is 1. The van der Waals surface area contributed by atoms with E-state index in [9.17, 15) is 4.79 Å². The maximum absolute atomic E-state index is 11.7. The van der Waals surface area contributed by atoms with Crippen LogP contribution in [0, 0.1) is 0 Å². The molecule has 0 aliphatic rings. The monoisotopic (exact) mass is 228 g/mol. The van der Waals surface area contributed by atoms with Crippen LogP contribution in [0.4, 0.5) is 5.69 Å². The second-order valence-electron chi connectivity index (χ2n) is 3.99. The molecule has 1 heterocycles. The highest BCUT2D eigenvalue weighted by Gasteiger charge is 2.04. The number of hydrogen-bond donors (Lipinski definition) is 2. The molecule has 2 aromatic rings. The Bertz CT molecular complexity index is 471. The van der Waals surface area contributed by atoms with E-state index in [1.54, 1.807) is 0 Å². The minimum atomic E-state index is 0.00819. The Kier molecular flexibility index (Phi) is 3.60. The summed E-state index contributed by atoms with van der Waals surface area (Å²) >= 11 is 0. The quantitative estimate of drug-likeness (QED) is 0.830. The number of nitrogens with one attached hydrogen (secondary N) is 2. The van der Waals surface area contributed by atoms with Crippen molar-refractivity contribution in [2.45, 2.75) is 19.8 Å². The van der Waals surface area contributed by atoms with Gasteiger partial charge in [0.15, 0.2) is 0 Å². The summed E-state index contributed by atoms with van der Waals surface area (Å²) in [4.78, 5) is 14.6. The van der Waals surface area contributed by atoms with Crippen LogP contribution in [-0.2, 0) is 17.6 Å². The fraction of sp³-hybridized carbons (Fsp3) is 0.214. The van der Waals surface area contributed by atoms with E-state index in [4.69, 9.17) is 0 Å². The molecule has 3 nitrogen and oxygen atoms in total. The molecule has 0 fully saturated rings. The molecule has 0 unspecified atom stereocenters. The maximum Gasteiger partial charge on any atom is 0.228 e. The predicted octanol–water partition coefficient (Wildman–Crippen LogP) is 2.76. The fourth-order valence-electron chi connectivity index (χ4n) is 1.68. The summed E-state index contributed by atoms with van der Waals surface area (Å²) in [6.45, 7) is 2.11. The lowest BCUT2D eigenvalue weighted by Crippen LogP contribution is -2.13. The lowest BCUT2D eigenvalue weighted by atomic mass is 10.1. The number of H-pyrrole nitrogens is 1. The van der Waals surface area contributed by atoms with Gasteiger partial charge in [0.1, 0.15) is 0 Å². The molecule has 17 heavy (non-hydrogen) atoms. The van der Waals surface area contributed by atoms with E-state index < -0.39 is 0 Å². The van der Waals surface area contributed by atoms with E-state index in [2.05, 4.69) is 17.2 Å². The smallest absolute Gasteiger partial charge is 0.228 e. The molecule has 0 bridgehead atoms. The summed E-state index contributed by atoms with van der Waals surface area (Å²) in [5, 5.41) is 2.88. The van der Waals surface area contributed by atoms with Crippen molar-refractivity contribution in [3.63, 3.8) is 0 Å². The highest BCUT2D eigenvalue weighted by Crippen LogP contribution is 2.10. The number of aryl methyl sites for hydroxylation is 1. The van der Waals surface area contributed by atoms with Crippen molar-refractivity contribution >= 4 is 11.6 Å². The van der Waals surface area contributed by atoms with Gasteiger partial charge in [-0.15, -0.1) is 0 Å². The van der Waals surface area contributed by atoms with Crippen molar-refractivity contribution in [3.8, 4) is 0 Å². The standard InChI is InChI=1S/C14H16N2O/c1-2-11-3-5-13(6-4-11)16-14(17)9-12-7-8-15-10-12/h3-8,10,15H,2,9H2,1H3,(H,16,17). The molecule has 0 atom stereocenters. The van der Waals surface area contributed by atoms with E-state index in [1.807, 2.05) is 42.7 Å². The van der Waals surface area contributed by atoms with Crippen molar-refractivity contribution in [2.75, 3.05) is 5.32 Å². The van der Waals surface area contributed by atoms with Gasteiger partial charge in [-0.1, -0.05) is 19.1 Å². The van der Waals surface area contributed by atoms with Crippen LogP contribution in [0.3, 0.4) is 0 Å². The van der Waals surface area contributed by atoms with Crippen molar-refractivity contribution < 1.29 is 4.79 Å². The lowest BCUT2D eigenvalue weighted by Gasteiger charge is -2.05. The number of anilines is 1. The molecule has 0 radical (unpaired) electrons. The number of aromatic amines is 1. The molecule has 1 amide bonds. The maximum atomic E-state index is 11.7. The Hall–Kier alpha value is -2.03. The molecule has 0 saturated heterocycles. The van der Waals surface area contributed by atoms with Gasteiger partial charge in [-0.05, 0) is 35.7 Å². The van der Waals surface area contributed by atoms with Crippen LogP contribution in [0.1, 0.15) is 18.1 Å². The summed E-state index contributed by atoms with van der Waals surface area (Å²) in [6, 6.07) is 9.85. The van der Waals surface area contributed by atoms with E-state index >= 15 is 0 Å². The molecular weight excluding hydrogens is 212 g/mol. The molecule has 0 spiro atoms. The molecule has 3 heteroatoms. The normalized spacial score (nSPS) is 10.2. The lowest BCUT2D eigenvalue weighted by molar-refractivity contribution is -0.115. The number of aromatic nitrogens is 1. The van der Waals surface area contributed by atoms with Gasteiger partial charge < -0.3 is 10.3 Å². The van der Waals surface area contributed by atoms with E-state index in [-0.39, 0.29) is 5.91 Å². The highest BCUT2D eigenvalue weighted by atomic mass is 16.1. The highest BCUT2D eigenvalue weighted by molar-refractivity contribution is 5.92.